The second-order valence-electron chi connectivity index (χ2n) is 5.25. The minimum atomic E-state index is -4.63. The molecule has 2 amide bonds. The van der Waals surface area contributed by atoms with Gasteiger partial charge >= 0.3 is 6.18 Å². The van der Waals surface area contributed by atoms with Crippen molar-refractivity contribution in [3.05, 3.63) is 59.5 Å². The van der Waals surface area contributed by atoms with E-state index < -0.39 is 29.6 Å². The van der Waals surface area contributed by atoms with E-state index in [1.165, 1.54) is 36.6 Å². The lowest BCUT2D eigenvalue weighted by Crippen LogP contribution is -2.52. The summed E-state index contributed by atoms with van der Waals surface area (Å²) in [6.07, 6.45) is -3.34. The average molecular weight is 338 g/mol. The molecule has 1 unspecified atom stereocenters. The van der Waals surface area contributed by atoms with Crippen LogP contribution in [0.3, 0.4) is 0 Å². The van der Waals surface area contributed by atoms with Crippen LogP contribution in [0, 0.1) is 0 Å². The van der Waals surface area contributed by atoms with Crippen molar-refractivity contribution in [2.75, 3.05) is 13.1 Å². The lowest BCUT2D eigenvalue weighted by Gasteiger charge is -2.35. The summed E-state index contributed by atoms with van der Waals surface area (Å²) in [5.41, 5.74) is -1.20. The second kappa shape index (κ2) is 6.03. The van der Waals surface area contributed by atoms with Gasteiger partial charge in [-0.3, -0.25) is 9.59 Å². The Morgan fingerprint density at radius 1 is 1.21 bits per heavy atom. The van der Waals surface area contributed by atoms with Gasteiger partial charge in [-0.05, 0) is 23.8 Å². The number of benzene rings is 1. The minimum absolute atomic E-state index is 0.0285. The Bertz CT molecular complexity index is 756. The van der Waals surface area contributed by atoms with E-state index in [0.29, 0.717) is 0 Å². The van der Waals surface area contributed by atoms with E-state index in [9.17, 15) is 22.8 Å². The van der Waals surface area contributed by atoms with E-state index in [2.05, 4.69) is 5.32 Å². The first-order chi connectivity index (χ1) is 11.4. The van der Waals surface area contributed by atoms with Gasteiger partial charge in [-0.1, -0.05) is 18.2 Å². The number of hydrogen-bond acceptors (Lipinski definition) is 3. The molecule has 1 aromatic heterocycles. The van der Waals surface area contributed by atoms with Gasteiger partial charge in [0.2, 0.25) is 5.91 Å². The lowest BCUT2D eigenvalue weighted by atomic mass is 9.96. The summed E-state index contributed by atoms with van der Waals surface area (Å²) in [6, 6.07) is 6.29. The molecule has 2 aromatic rings. The fourth-order valence-electron chi connectivity index (χ4n) is 2.73. The van der Waals surface area contributed by atoms with Crippen LogP contribution < -0.4 is 5.32 Å². The number of rotatable bonds is 2. The average Bonchev–Trinajstić information content (AvgIpc) is 3.07. The Balaban J connectivity index is 2.06. The zero-order chi connectivity index (χ0) is 17.3. The van der Waals surface area contributed by atoms with E-state index in [4.69, 9.17) is 4.42 Å². The first-order valence-electron chi connectivity index (χ1n) is 7.18. The Labute approximate surface area is 135 Å². The molecule has 0 aliphatic carbocycles. The Hall–Kier alpha value is -2.77. The molecule has 5 nitrogen and oxygen atoms in total. The predicted octanol–water partition coefficient (Wildman–Crippen LogP) is 2.61. The van der Waals surface area contributed by atoms with Crippen molar-refractivity contribution in [2.24, 2.45) is 0 Å². The Morgan fingerprint density at radius 2 is 1.96 bits per heavy atom. The molecule has 126 valence electrons. The van der Waals surface area contributed by atoms with E-state index in [0.717, 1.165) is 11.0 Å². The summed E-state index contributed by atoms with van der Waals surface area (Å²) >= 11 is 0. The molecule has 2 heterocycles. The molecule has 0 bridgehead atoms. The summed E-state index contributed by atoms with van der Waals surface area (Å²) in [5.74, 6) is -1.31. The fraction of sp³-hybridized carbons (Fsp3) is 0.250. The lowest BCUT2D eigenvalue weighted by molar-refractivity contribution is -0.139. The number of alkyl halides is 3. The molecule has 1 atom stereocenters. The van der Waals surface area contributed by atoms with Crippen molar-refractivity contribution in [2.45, 2.75) is 12.2 Å². The molecule has 3 rings (SSSR count). The van der Waals surface area contributed by atoms with Crippen LogP contribution in [0.25, 0.3) is 0 Å². The smallest absolute Gasteiger partial charge is 0.416 e. The number of piperazine rings is 1. The summed E-state index contributed by atoms with van der Waals surface area (Å²) in [6.45, 7) is 0.248. The predicted molar refractivity (Wildman–Crippen MR) is 76.9 cm³/mol. The van der Waals surface area contributed by atoms with E-state index in [1.54, 1.807) is 0 Å². The SMILES string of the molecule is O=C1NCCN(C(=O)c2ccco2)C1c1ccccc1C(F)(F)F. The standard InChI is InChI=1S/C16H13F3N2O3/c17-16(18,19)11-5-2-1-4-10(11)13-14(22)20-7-8-21(13)15(23)12-6-3-9-24-12/h1-6,9,13H,7-8H2,(H,20,22). The number of carbonyl (C=O) groups is 2. The van der Waals surface area contributed by atoms with Crippen LogP contribution in [0.4, 0.5) is 13.2 Å². The van der Waals surface area contributed by atoms with Crippen LogP contribution in [0.2, 0.25) is 0 Å². The maximum atomic E-state index is 13.3. The maximum Gasteiger partial charge on any atom is 0.416 e. The molecule has 1 N–H and O–H groups in total. The van der Waals surface area contributed by atoms with E-state index in [-0.39, 0.29) is 24.4 Å². The molecule has 0 saturated carbocycles. The maximum absolute atomic E-state index is 13.3. The van der Waals surface area contributed by atoms with Crippen LogP contribution in [0.5, 0.6) is 0 Å². The van der Waals surface area contributed by atoms with E-state index >= 15 is 0 Å². The molecule has 0 spiro atoms. The van der Waals surface area contributed by atoms with Crippen molar-refractivity contribution >= 4 is 11.8 Å². The molecule has 1 fully saturated rings. The number of nitrogens with zero attached hydrogens (tertiary/aromatic N) is 1. The van der Waals surface area contributed by atoms with Gasteiger partial charge in [0.25, 0.3) is 5.91 Å². The molecule has 1 aliphatic rings. The van der Waals surface area contributed by atoms with Gasteiger partial charge in [0.1, 0.15) is 6.04 Å². The number of furan rings is 1. The summed E-state index contributed by atoms with van der Waals surface area (Å²) in [5, 5.41) is 2.51. The van der Waals surface area contributed by atoms with Crippen LogP contribution in [-0.4, -0.2) is 29.8 Å². The summed E-state index contributed by atoms with van der Waals surface area (Å²) in [4.78, 5) is 25.9. The molecular formula is C16H13F3N2O3. The van der Waals surface area contributed by atoms with Crippen molar-refractivity contribution in [1.29, 1.82) is 0 Å². The quantitative estimate of drug-likeness (QED) is 0.916. The fourth-order valence-corrected chi connectivity index (χ4v) is 2.73. The third-order valence-corrected chi connectivity index (χ3v) is 3.77. The van der Waals surface area contributed by atoms with Gasteiger partial charge < -0.3 is 14.6 Å². The van der Waals surface area contributed by atoms with Gasteiger partial charge in [0.15, 0.2) is 5.76 Å². The van der Waals surface area contributed by atoms with Gasteiger partial charge in [0.05, 0.1) is 11.8 Å². The zero-order valence-corrected chi connectivity index (χ0v) is 12.3. The number of hydrogen-bond donors (Lipinski definition) is 1. The highest BCUT2D eigenvalue weighted by molar-refractivity contribution is 5.96. The van der Waals surface area contributed by atoms with Gasteiger partial charge in [-0.2, -0.15) is 13.2 Å². The van der Waals surface area contributed by atoms with E-state index in [1.807, 2.05) is 0 Å². The summed E-state index contributed by atoms with van der Waals surface area (Å²) < 4.78 is 44.9. The highest BCUT2D eigenvalue weighted by Gasteiger charge is 2.42. The molecular weight excluding hydrogens is 325 g/mol. The van der Waals surface area contributed by atoms with Gasteiger partial charge in [0, 0.05) is 13.1 Å². The van der Waals surface area contributed by atoms with Gasteiger partial charge in [-0.25, -0.2) is 0 Å². The zero-order valence-electron chi connectivity index (χ0n) is 12.3. The molecule has 1 saturated heterocycles. The van der Waals surface area contributed by atoms with Crippen LogP contribution in [0.1, 0.15) is 27.7 Å². The normalized spacial score (nSPS) is 18.4. The Kier molecular flexibility index (Phi) is 4.04. The highest BCUT2D eigenvalue weighted by Crippen LogP contribution is 2.37. The number of amides is 2. The summed E-state index contributed by atoms with van der Waals surface area (Å²) in [7, 11) is 0. The topological polar surface area (TPSA) is 62.6 Å². The minimum Gasteiger partial charge on any atom is -0.459 e. The van der Waals surface area contributed by atoms with Crippen molar-refractivity contribution in [3.8, 4) is 0 Å². The molecule has 8 heteroatoms. The molecule has 0 radical (unpaired) electrons. The molecule has 1 aromatic carbocycles. The van der Waals surface area contributed by atoms with Crippen molar-refractivity contribution in [3.63, 3.8) is 0 Å². The van der Waals surface area contributed by atoms with Crippen molar-refractivity contribution < 1.29 is 27.2 Å². The highest BCUT2D eigenvalue weighted by atomic mass is 19.4. The number of carbonyl (C=O) groups excluding carboxylic acids is 2. The van der Waals surface area contributed by atoms with Crippen molar-refractivity contribution in [1.82, 2.24) is 10.2 Å². The van der Waals surface area contributed by atoms with Crippen LogP contribution >= 0.6 is 0 Å². The first kappa shape index (κ1) is 16.1. The Morgan fingerprint density at radius 3 is 2.62 bits per heavy atom. The van der Waals surface area contributed by atoms with Crippen LogP contribution in [0.15, 0.2) is 47.1 Å². The second-order valence-corrected chi connectivity index (χ2v) is 5.25. The molecule has 24 heavy (non-hydrogen) atoms. The third-order valence-electron chi connectivity index (χ3n) is 3.77. The van der Waals surface area contributed by atoms with Crippen LogP contribution in [-0.2, 0) is 11.0 Å². The largest absolute Gasteiger partial charge is 0.459 e. The number of nitrogens with one attached hydrogen (secondary N) is 1. The third kappa shape index (κ3) is 2.86. The monoisotopic (exact) mass is 338 g/mol. The molecule has 1 aliphatic heterocycles. The number of halogens is 3. The van der Waals surface area contributed by atoms with Gasteiger partial charge in [-0.15, -0.1) is 0 Å². The first-order valence-corrected chi connectivity index (χ1v) is 7.18.